The molecule has 100 valence electrons. The molecule has 0 atom stereocenters. The van der Waals surface area contributed by atoms with Gasteiger partial charge in [0.15, 0.2) is 0 Å². The van der Waals surface area contributed by atoms with Gasteiger partial charge in [-0.15, -0.1) is 0 Å². The quantitative estimate of drug-likeness (QED) is 0.652. The van der Waals surface area contributed by atoms with E-state index in [-0.39, 0.29) is 16.5 Å². The molecular formula is C10H13ClN2O4S. The molecule has 0 aliphatic carbocycles. The van der Waals surface area contributed by atoms with E-state index in [4.69, 9.17) is 17.3 Å². The van der Waals surface area contributed by atoms with E-state index in [0.29, 0.717) is 5.69 Å². The second kappa shape index (κ2) is 5.55. The second-order valence-electron chi connectivity index (χ2n) is 3.53. The molecule has 6 nitrogen and oxygen atoms in total. The number of hydrogen-bond acceptors (Lipinski definition) is 5. The molecule has 2 N–H and O–H groups in total. The first kappa shape index (κ1) is 14.7. The molecule has 0 radical (unpaired) electrons. The minimum atomic E-state index is -3.85. The van der Waals surface area contributed by atoms with E-state index in [1.54, 1.807) is 0 Å². The normalized spacial score (nSPS) is 11.6. The number of nitrogens with zero attached hydrogens (tertiary/aromatic N) is 1. The standard InChI is InChI=1S/C10H13ClN2O4S/c1-13(6-10(14)17-2)18(15,16)9-4-3-7(12)5-8(9)11/h3-5H,6,12H2,1-2H3. The zero-order chi connectivity index (χ0) is 13.9. The molecule has 0 saturated heterocycles. The monoisotopic (exact) mass is 292 g/mol. The van der Waals surface area contributed by atoms with Gasteiger partial charge in [0, 0.05) is 12.7 Å². The zero-order valence-electron chi connectivity index (χ0n) is 9.88. The van der Waals surface area contributed by atoms with E-state index in [1.165, 1.54) is 32.4 Å². The van der Waals surface area contributed by atoms with Crippen molar-refractivity contribution in [1.82, 2.24) is 4.31 Å². The number of carbonyl (C=O) groups is 1. The van der Waals surface area contributed by atoms with Crippen LogP contribution in [0.15, 0.2) is 23.1 Å². The van der Waals surface area contributed by atoms with Gasteiger partial charge in [-0.25, -0.2) is 8.42 Å². The number of hydrogen-bond donors (Lipinski definition) is 1. The molecule has 1 aromatic rings. The molecule has 0 amide bonds. The number of halogens is 1. The van der Waals surface area contributed by atoms with E-state index < -0.39 is 16.0 Å². The van der Waals surface area contributed by atoms with Crippen molar-refractivity contribution in [3.8, 4) is 0 Å². The summed E-state index contributed by atoms with van der Waals surface area (Å²) in [4.78, 5) is 11.0. The predicted molar refractivity (Wildman–Crippen MR) is 67.7 cm³/mol. The van der Waals surface area contributed by atoms with Gasteiger partial charge in [0.25, 0.3) is 0 Å². The fourth-order valence-electron chi connectivity index (χ4n) is 1.23. The van der Waals surface area contributed by atoms with Gasteiger partial charge in [-0.1, -0.05) is 11.6 Å². The summed E-state index contributed by atoms with van der Waals surface area (Å²) in [5.74, 6) is -0.660. The minimum Gasteiger partial charge on any atom is -0.468 e. The van der Waals surface area contributed by atoms with Crippen LogP contribution in [0.2, 0.25) is 5.02 Å². The molecule has 0 aromatic heterocycles. The summed E-state index contributed by atoms with van der Waals surface area (Å²) in [7, 11) is -1.40. The number of benzene rings is 1. The van der Waals surface area contributed by atoms with Crippen LogP contribution in [0.1, 0.15) is 0 Å². The highest BCUT2D eigenvalue weighted by molar-refractivity contribution is 7.89. The van der Waals surface area contributed by atoms with Gasteiger partial charge in [0.1, 0.15) is 11.4 Å². The van der Waals surface area contributed by atoms with E-state index in [2.05, 4.69) is 4.74 Å². The highest BCUT2D eigenvalue weighted by Crippen LogP contribution is 2.25. The molecule has 1 rings (SSSR count). The molecule has 0 bridgehead atoms. The number of nitrogens with two attached hydrogens (primary N) is 1. The summed E-state index contributed by atoms with van der Waals surface area (Å²) in [5, 5.41) is 0.00622. The molecule has 18 heavy (non-hydrogen) atoms. The fraction of sp³-hybridized carbons (Fsp3) is 0.300. The fourth-order valence-corrected chi connectivity index (χ4v) is 2.86. The minimum absolute atomic E-state index is 0.00622. The van der Waals surface area contributed by atoms with Gasteiger partial charge in [-0.05, 0) is 18.2 Å². The number of ether oxygens (including phenoxy) is 1. The Morgan fingerprint density at radius 3 is 2.61 bits per heavy atom. The van der Waals surface area contributed by atoms with E-state index in [0.717, 1.165) is 4.31 Å². The maximum absolute atomic E-state index is 12.1. The Kier molecular flexibility index (Phi) is 4.55. The van der Waals surface area contributed by atoms with Crippen LogP contribution in [0.3, 0.4) is 0 Å². The van der Waals surface area contributed by atoms with Crippen LogP contribution >= 0.6 is 11.6 Å². The third-order valence-corrected chi connectivity index (χ3v) is 4.51. The van der Waals surface area contributed by atoms with Crippen LogP contribution in [-0.2, 0) is 19.6 Å². The van der Waals surface area contributed by atoms with Gasteiger partial charge in [-0.2, -0.15) is 4.31 Å². The van der Waals surface area contributed by atoms with Crippen molar-refractivity contribution < 1.29 is 17.9 Å². The third kappa shape index (κ3) is 3.12. The number of rotatable bonds is 4. The average Bonchev–Trinajstić information content (AvgIpc) is 2.28. The Morgan fingerprint density at radius 1 is 1.50 bits per heavy atom. The SMILES string of the molecule is COC(=O)CN(C)S(=O)(=O)c1ccc(N)cc1Cl. The Morgan fingerprint density at radius 2 is 2.11 bits per heavy atom. The molecule has 0 spiro atoms. The highest BCUT2D eigenvalue weighted by Gasteiger charge is 2.25. The lowest BCUT2D eigenvalue weighted by Crippen LogP contribution is -2.32. The van der Waals surface area contributed by atoms with Gasteiger partial charge >= 0.3 is 5.97 Å². The topological polar surface area (TPSA) is 89.7 Å². The second-order valence-corrected chi connectivity index (χ2v) is 5.95. The van der Waals surface area contributed by atoms with Crippen LogP contribution in [0.5, 0.6) is 0 Å². The summed E-state index contributed by atoms with van der Waals surface area (Å²) in [6.07, 6.45) is 0. The summed E-state index contributed by atoms with van der Waals surface area (Å²) in [6.45, 7) is -0.389. The molecule has 0 unspecified atom stereocenters. The lowest BCUT2D eigenvalue weighted by molar-refractivity contribution is -0.140. The molecule has 0 fully saturated rings. The summed E-state index contributed by atoms with van der Waals surface area (Å²) in [5.41, 5.74) is 5.84. The van der Waals surface area contributed by atoms with Crippen LogP contribution < -0.4 is 5.73 Å². The van der Waals surface area contributed by atoms with Crippen LogP contribution in [0.4, 0.5) is 5.69 Å². The number of likely N-dealkylation sites (N-methyl/N-ethyl adjacent to an activating group) is 1. The van der Waals surface area contributed by atoms with Gasteiger partial charge < -0.3 is 10.5 Å². The van der Waals surface area contributed by atoms with Gasteiger partial charge in [0.05, 0.1) is 12.1 Å². The summed E-state index contributed by atoms with van der Waals surface area (Å²) in [6, 6.07) is 4.05. The highest BCUT2D eigenvalue weighted by atomic mass is 35.5. The Balaban J connectivity index is 3.09. The van der Waals surface area contributed by atoms with Gasteiger partial charge in [-0.3, -0.25) is 4.79 Å². The number of sulfonamides is 1. The Bertz CT molecular complexity index is 559. The van der Waals surface area contributed by atoms with Crippen molar-refractivity contribution in [2.75, 3.05) is 26.4 Å². The maximum atomic E-state index is 12.1. The Labute approximate surface area is 110 Å². The summed E-state index contributed by atoms with van der Waals surface area (Å²) >= 11 is 5.83. The molecule has 0 heterocycles. The number of carbonyl (C=O) groups excluding carboxylic acids is 1. The third-order valence-electron chi connectivity index (χ3n) is 2.22. The van der Waals surface area contributed by atoms with Crippen molar-refractivity contribution in [3.63, 3.8) is 0 Å². The van der Waals surface area contributed by atoms with Gasteiger partial charge in [0.2, 0.25) is 10.0 Å². The first-order chi connectivity index (χ1) is 8.28. The van der Waals surface area contributed by atoms with Crippen LogP contribution in [0.25, 0.3) is 0 Å². The largest absolute Gasteiger partial charge is 0.468 e. The maximum Gasteiger partial charge on any atom is 0.321 e. The van der Waals surface area contributed by atoms with E-state index in [1.807, 2.05) is 0 Å². The zero-order valence-corrected chi connectivity index (χ0v) is 11.5. The van der Waals surface area contributed by atoms with E-state index >= 15 is 0 Å². The first-order valence-corrected chi connectivity index (χ1v) is 6.69. The Hall–Kier alpha value is -1.31. The van der Waals surface area contributed by atoms with Crippen molar-refractivity contribution in [3.05, 3.63) is 23.2 Å². The predicted octanol–water partition coefficient (Wildman–Crippen LogP) is 0.716. The lowest BCUT2D eigenvalue weighted by Gasteiger charge is -2.16. The molecule has 0 aliphatic heterocycles. The molecular weight excluding hydrogens is 280 g/mol. The number of anilines is 1. The van der Waals surface area contributed by atoms with Crippen LogP contribution in [-0.4, -0.2) is 39.4 Å². The van der Waals surface area contributed by atoms with Crippen molar-refractivity contribution in [2.45, 2.75) is 4.90 Å². The van der Waals surface area contributed by atoms with Crippen molar-refractivity contribution >= 4 is 33.3 Å². The van der Waals surface area contributed by atoms with Crippen molar-refractivity contribution in [1.29, 1.82) is 0 Å². The molecule has 0 aliphatic rings. The molecule has 8 heteroatoms. The lowest BCUT2D eigenvalue weighted by atomic mass is 10.3. The number of esters is 1. The van der Waals surface area contributed by atoms with E-state index in [9.17, 15) is 13.2 Å². The first-order valence-electron chi connectivity index (χ1n) is 4.87. The van der Waals surface area contributed by atoms with Crippen LogP contribution in [0, 0.1) is 0 Å². The number of methoxy groups -OCH3 is 1. The molecule has 1 aromatic carbocycles. The van der Waals surface area contributed by atoms with Crippen molar-refractivity contribution in [2.24, 2.45) is 0 Å². The average molecular weight is 293 g/mol. The smallest absolute Gasteiger partial charge is 0.321 e. The molecule has 0 saturated carbocycles. The summed E-state index contributed by atoms with van der Waals surface area (Å²) < 4.78 is 29.5. The number of nitrogen functional groups attached to an aromatic ring is 1.